The topological polar surface area (TPSA) is 60.2 Å². The van der Waals surface area contributed by atoms with Gasteiger partial charge in [0, 0.05) is 0 Å². The van der Waals surface area contributed by atoms with E-state index in [1.165, 1.54) is 19.1 Å². The van der Waals surface area contributed by atoms with E-state index in [0.717, 1.165) is 5.56 Å². The Labute approximate surface area is 110 Å². The van der Waals surface area contributed by atoms with Gasteiger partial charge in [-0.25, -0.2) is 8.42 Å². The highest BCUT2D eigenvalue weighted by Gasteiger charge is 2.48. The summed E-state index contributed by atoms with van der Waals surface area (Å²) < 4.78 is 62.8. The lowest BCUT2D eigenvalue weighted by Crippen LogP contribution is -2.38. The van der Waals surface area contributed by atoms with Crippen molar-refractivity contribution < 1.29 is 21.6 Å². The van der Waals surface area contributed by atoms with Crippen molar-refractivity contribution >= 4 is 9.84 Å². The first kappa shape index (κ1) is 16.0. The summed E-state index contributed by atoms with van der Waals surface area (Å²) in [6, 6.07) is 4.24. The Morgan fingerprint density at radius 1 is 1.26 bits per heavy atom. The summed E-state index contributed by atoms with van der Waals surface area (Å²) in [5.74, 6) is 0. The molecular weight excluding hydrogens is 279 g/mol. The van der Waals surface area contributed by atoms with E-state index < -0.39 is 27.7 Å². The molecule has 7 heteroatoms. The second kappa shape index (κ2) is 5.50. The molecule has 19 heavy (non-hydrogen) atoms. The Morgan fingerprint density at radius 2 is 1.84 bits per heavy atom. The minimum absolute atomic E-state index is 0.283. The van der Waals surface area contributed by atoms with E-state index in [1.807, 2.05) is 0 Å². The van der Waals surface area contributed by atoms with Crippen molar-refractivity contribution in [3.63, 3.8) is 0 Å². The van der Waals surface area contributed by atoms with Crippen molar-refractivity contribution in [2.75, 3.05) is 6.54 Å². The molecule has 1 unspecified atom stereocenters. The monoisotopic (exact) mass is 295 g/mol. The van der Waals surface area contributed by atoms with Crippen LogP contribution in [0.15, 0.2) is 23.1 Å². The first-order valence-corrected chi connectivity index (χ1v) is 7.23. The molecule has 0 fully saturated rings. The number of hydrogen-bond donors (Lipinski definition) is 1. The zero-order valence-electron chi connectivity index (χ0n) is 10.7. The lowest BCUT2D eigenvalue weighted by Gasteiger charge is -2.21. The second-order valence-electron chi connectivity index (χ2n) is 4.42. The smallest absolute Gasteiger partial charge is 0.330 e. The fraction of sp³-hybridized carbons (Fsp3) is 0.500. The second-order valence-corrected chi connectivity index (χ2v) is 6.52. The first-order valence-electron chi connectivity index (χ1n) is 5.68. The molecule has 2 N–H and O–H groups in total. The van der Waals surface area contributed by atoms with Gasteiger partial charge in [0.25, 0.3) is 0 Å². The Morgan fingerprint density at radius 3 is 2.26 bits per heavy atom. The van der Waals surface area contributed by atoms with Crippen molar-refractivity contribution in [1.29, 1.82) is 0 Å². The Kier molecular flexibility index (Phi) is 4.63. The normalized spacial score (nSPS) is 14.4. The van der Waals surface area contributed by atoms with Gasteiger partial charge in [-0.05, 0) is 38.4 Å². The van der Waals surface area contributed by atoms with Crippen LogP contribution < -0.4 is 5.73 Å². The van der Waals surface area contributed by atoms with Gasteiger partial charge in [-0.3, -0.25) is 0 Å². The highest BCUT2D eigenvalue weighted by molar-refractivity contribution is 7.92. The molecule has 0 aliphatic carbocycles. The molecule has 0 aliphatic heterocycles. The molecule has 0 bridgehead atoms. The van der Waals surface area contributed by atoms with Crippen molar-refractivity contribution in [1.82, 2.24) is 0 Å². The first-order chi connectivity index (χ1) is 8.60. The molecule has 108 valence electrons. The fourth-order valence-corrected chi connectivity index (χ4v) is 3.79. The maximum absolute atomic E-state index is 12.9. The van der Waals surface area contributed by atoms with Crippen LogP contribution in [0.3, 0.4) is 0 Å². The van der Waals surface area contributed by atoms with Gasteiger partial charge in [-0.15, -0.1) is 0 Å². The van der Waals surface area contributed by atoms with Gasteiger partial charge >= 0.3 is 6.18 Å². The molecule has 1 aromatic rings. The Balaban J connectivity index is 3.35. The molecule has 0 amide bonds. The number of rotatable bonds is 4. The Bertz CT molecular complexity index is 553. The highest BCUT2D eigenvalue weighted by Crippen LogP contribution is 2.33. The third kappa shape index (κ3) is 3.48. The molecule has 1 rings (SSSR count). The van der Waals surface area contributed by atoms with Crippen LogP contribution in [0, 0.1) is 13.8 Å². The SMILES string of the molecule is Cc1ccc(S(=O)(=O)C(CCN)C(F)(F)F)c(C)c1. The zero-order valence-corrected chi connectivity index (χ0v) is 11.5. The summed E-state index contributed by atoms with van der Waals surface area (Å²) in [6.45, 7) is 2.88. The van der Waals surface area contributed by atoms with Gasteiger partial charge in [-0.1, -0.05) is 17.7 Å². The predicted molar refractivity (Wildman–Crippen MR) is 66.6 cm³/mol. The van der Waals surface area contributed by atoms with Crippen LogP contribution in [0.5, 0.6) is 0 Å². The van der Waals surface area contributed by atoms with E-state index in [1.54, 1.807) is 13.0 Å². The van der Waals surface area contributed by atoms with Crippen LogP contribution in [0.25, 0.3) is 0 Å². The minimum Gasteiger partial charge on any atom is -0.330 e. The van der Waals surface area contributed by atoms with E-state index in [2.05, 4.69) is 0 Å². The van der Waals surface area contributed by atoms with Gasteiger partial charge in [0.15, 0.2) is 15.1 Å². The summed E-state index contributed by atoms with van der Waals surface area (Å²) in [5, 5.41) is -2.45. The molecule has 0 saturated carbocycles. The van der Waals surface area contributed by atoms with Gasteiger partial charge in [0.2, 0.25) is 0 Å². The quantitative estimate of drug-likeness (QED) is 0.927. The number of hydrogen-bond acceptors (Lipinski definition) is 3. The molecule has 1 aromatic carbocycles. The third-order valence-corrected chi connectivity index (χ3v) is 5.13. The van der Waals surface area contributed by atoms with Crippen LogP contribution in [0.4, 0.5) is 13.2 Å². The lowest BCUT2D eigenvalue weighted by molar-refractivity contribution is -0.131. The molecule has 0 heterocycles. The lowest BCUT2D eigenvalue weighted by atomic mass is 10.2. The van der Waals surface area contributed by atoms with Crippen LogP contribution >= 0.6 is 0 Å². The molecule has 3 nitrogen and oxygen atoms in total. The minimum atomic E-state index is -4.82. The molecule has 0 aliphatic rings. The fourth-order valence-electron chi connectivity index (χ4n) is 1.92. The van der Waals surface area contributed by atoms with Crippen LogP contribution in [-0.4, -0.2) is 26.4 Å². The van der Waals surface area contributed by atoms with Gasteiger partial charge in [0.05, 0.1) is 4.90 Å². The van der Waals surface area contributed by atoms with Gasteiger partial charge < -0.3 is 5.73 Å². The van der Waals surface area contributed by atoms with E-state index >= 15 is 0 Å². The number of sulfone groups is 1. The summed E-state index contributed by atoms with van der Waals surface area (Å²) >= 11 is 0. The average molecular weight is 295 g/mol. The maximum atomic E-state index is 12.9. The summed E-state index contributed by atoms with van der Waals surface area (Å²) in [5.41, 5.74) is 6.20. The standard InChI is InChI=1S/C12H16F3NO2S/c1-8-3-4-10(9(2)7-8)19(17,18)11(5-6-16)12(13,14)15/h3-4,7,11H,5-6,16H2,1-2H3. The van der Waals surface area contributed by atoms with Gasteiger partial charge in [0.1, 0.15) is 0 Å². The van der Waals surface area contributed by atoms with Crippen LogP contribution in [0.1, 0.15) is 17.5 Å². The average Bonchev–Trinajstić information content (AvgIpc) is 2.23. The number of halogens is 3. The van der Waals surface area contributed by atoms with Crippen molar-refractivity contribution in [2.45, 2.75) is 36.6 Å². The van der Waals surface area contributed by atoms with Gasteiger partial charge in [-0.2, -0.15) is 13.2 Å². The zero-order chi connectivity index (χ0) is 14.8. The maximum Gasteiger partial charge on any atom is 0.405 e. The molecule has 0 radical (unpaired) electrons. The Hall–Kier alpha value is -1.08. The summed E-state index contributed by atoms with van der Waals surface area (Å²) in [7, 11) is -4.47. The van der Waals surface area contributed by atoms with Crippen molar-refractivity contribution in [2.24, 2.45) is 5.73 Å². The molecule has 0 saturated heterocycles. The number of aryl methyl sites for hydroxylation is 2. The van der Waals surface area contributed by atoms with Crippen LogP contribution in [0.2, 0.25) is 0 Å². The van der Waals surface area contributed by atoms with Crippen molar-refractivity contribution in [3.05, 3.63) is 29.3 Å². The molecular formula is C12H16F3NO2S. The predicted octanol–water partition coefficient (Wildman–Crippen LogP) is 2.36. The third-order valence-electron chi connectivity index (χ3n) is 2.81. The summed E-state index contributed by atoms with van der Waals surface area (Å²) in [6.07, 6.45) is -5.46. The van der Waals surface area contributed by atoms with E-state index in [-0.39, 0.29) is 11.4 Å². The van der Waals surface area contributed by atoms with Crippen molar-refractivity contribution in [3.8, 4) is 0 Å². The van der Waals surface area contributed by atoms with E-state index in [9.17, 15) is 21.6 Å². The largest absolute Gasteiger partial charge is 0.405 e. The molecule has 1 atom stereocenters. The molecule has 0 spiro atoms. The number of benzene rings is 1. The van der Waals surface area contributed by atoms with Crippen LogP contribution in [-0.2, 0) is 9.84 Å². The molecule has 0 aromatic heterocycles. The van der Waals surface area contributed by atoms with E-state index in [4.69, 9.17) is 5.73 Å². The van der Waals surface area contributed by atoms with E-state index in [0.29, 0.717) is 5.56 Å². The number of alkyl halides is 3. The number of nitrogens with two attached hydrogens (primary N) is 1. The highest BCUT2D eigenvalue weighted by atomic mass is 32.2. The summed E-state index contributed by atoms with van der Waals surface area (Å²) in [4.78, 5) is -0.283.